The molecular formula is C14H14BrN3O2. The van der Waals surface area contributed by atoms with E-state index in [4.69, 9.17) is 10.5 Å². The van der Waals surface area contributed by atoms with E-state index >= 15 is 0 Å². The predicted octanol–water partition coefficient (Wildman–Crippen LogP) is 2.43. The SMILES string of the molecule is NCCOc1cccc(NC(=O)c2ncccc2Br)c1. The first-order chi connectivity index (χ1) is 9.70. The number of hydrogen-bond acceptors (Lipinski definition) is 4. The zero-order chi connectivity index (χ0) is 14.4. The maximum absolute atomic E-state index is 12.1. The van der Waals surface area contributed by atoms with Gasteiger partial charge in [-0.05, 0) is 40.2 Å². The number of rotatable bonds is 5. The molecule has 2 rings (SSSR count). The van der Waals surface area contributed by atoms with Gasteiger partial charge in [-0.1, -0.05) is 6.07 Å². The lowest BCUT2D eigenvalue weighted by Gasteiger charge is -2.08. The second-order valence-corrected chi connectivity index (χ2v) is 4.81. The van der Waals surface area contributed by atoms with Crippen LogP contribution in [0.1, 0.15) is 10.5 Å². The molecule has 0 unspecified atom stereocenters. The van der Waals surface area contributed by atoms with Gasteiger partial charge in [0.25, 0.3) is 5.91 Å². The van der Waals surface area contributed by atoms with Crippen molar-refractivity contribution in [2.45, 2.75) is 0 Å². The number of nitrogens with two attached hydrogens (primary N) is 1. The quantitative estimate of drug-likeness (QED) is 0.879. The third-order valence-electron chi connectivity index (χ3n) is 2.45. The van der Waals surface area contributed by atoms with Crippen molar-refractivity contribution in [2.24, 2.45) is 5.73 Å². The predicted molar refractivity (Wildman–Crippen MR) is 80.9 cm³/mol. The molecule has 0 aliphatic carbocycles. The van der Waals surface area contributed by atoms with E-state index in [0.717, 1.165) is 0 Å². The number of carbonyl (C=O) groups excluding carboxylic acids is 1. The smallest absolute Gasteiger partial charge is 0.275 e. The van der Waals surface area contributed by atoms with E-state index in [-0.39, 0.29) is 5.91 Å². The highest BCUT2D eigenvalue weighted by molar-refractivity contribution is 9.10. The van der Waals surface area contributed by atoms with Gasteiger partial charge in [0.05, 0.1) is 0 Å². The lowest BCUT2D eigenvalue weighted by Crippen LogP contribution is -2.14. The summed E-state index contributed by atoms with van der Waals surface area (Å²) >= 11 is 3.30. The molecule has 0 spiro atoms. The number of ether oxygens (including phenoxy) is 1. The van der Waals surface area contributed by atoms with Crippen LogP contribution in [-0.2, 0) is 0 Å². The minimum absolute atomic E-state index is 0.284. The molecule has 0 fully saturated rings. The number of amides is 1. The molecule has 0 aliphatic heterocycles. The number of halogens is 1. The number of carbonyl (C=O) groups is 1. The summed E-state index contributed by atoms with van der Waals surface area (Å²) in [6.45, 7) is 0.876. The highest BCUT2D eigenvalue weighted by Gasteiger charge is 2.11. The summed E-state index contributed by atoms with van der Waals surface area (Å²) in [6, 6.07) is 10.6. The average molecular weight is 336 g/mol. The molecule has 3 N–H and O–H groups in total. The van der Waals surface area contributed by atoms with Gasteiger partial charge in [0.15, 0.2) is 0 Å². The van der Waals surface area contributed by atoms with Gasteiger partial charge in [-0.3, -0.25) is 4.79 Å². The van der Waals surface area contributed by atoms with Gasteiger partial charge in [-0.15, -0.1) is 0 Å². The van der Waals surface area contributed by atoms with Gasteiger partial charge in [-0.2, -0.15) is 0 Å². The lowest BCUT2D eigenvalue weighted by molar-refractivity contribution is 0.102. The van der Waals surface area contributed by atoms with Crippen LogP contribution < -0.4 is 15.8 Å². The third kappa shape index (κ3) is 3.79. The Labute approximate surface area is 125 Å². The number of nitrogens with zero attached hydrogens (tertiary/aromatic N) is 1. The second kappa shape index (κ2) is 7.02. The highest BCUT2D eigenvalue weighted by atomic mass is 79.9. The van der Waals surface area contributed by atoms with Crippen molar-refractivity contribution in [3.63, 3.8) is 0 Å². The largest absolute Gasteiger partial charge is 0.492 e. The monoisotopic (exact) mass is 335 g/mol. The summed E-state index contributed by atoms with van der Waals surface area (Å²) in [7, 11) is 0. The Bertz CT molecular complexity index is 604. The minimum Gasteiger partial charge on any atom is -0.492 e. The lowest BCUT2D eigenvalue weighted by atomic mass is 10.2. The van der Waals surface area contributed by atoms with Crippen molar-refractivity contribution < 1.29 is 9.53 Å². The Morgan fingerprint density at radius 2 is 2.20 bits per heavy atom. The van der Waals surface area contributed by atoms with Crippen LogP contribution in [0.25, 0.3) is 0 Å². The molecule has 1 aromatic carbocycles. The van der Waals surface area contributed by atoms with Crippen molar-refractivity contribution in [3.8, 4) is 5.75 Å². The Balaban J connectivity index is 2.10. The first-order valence-corrected chi connectivity index (χ1v) is 6.85. The fourth-order valence-corrected chi connectivity index (χ4v) is 2.02. The fourth-order valence-electron chi connectivity index (χ4n) is 1.58. The molecule has 0 atom stereocenters. The van der Waals surface area contributed by atoms with E-state index in [9.17, 15) is 4.79 Å². The summed E-state index contributed by atoms with van der Waals surface area (Å²) in [5.74, 6) is 0.377. The maximum Gasteiger partial charge on any atom is 0.275 e. The average Bonchev–Trinajstić information content (AvgIpc) is 2.46. The molecule has 0 saturated heterocycles. The summed E-state index contributed by atoms with van der Waals surface area (Å²) in [5.41, 5.74) is 6.35. The van der Waals surface area contributed by atoms with E-state index in [0.29, 0.717) is 34.8 Å². The summed E-state index contributed by atoms with van der Waals surface area (Å²) in [4.78, 5) is 16.1. The van der Waals surface area contributed by atoms with Crippen molar-refractivity contribution in [1.29, 1.82) is 0 Å². The van der Waals surface area contributed by atoms with Gasteiger partial charge >= 0.3 is 0 Å². The first-order valence-electron chi connectivity index (χ1n) is 6.05. The number of benzene rings is 1. The number of anilines is 1. The van der Waals surface area contributed by atoms with Gasteiger partial charge < -0.3 is 15.8 Å². The van der Waals surface area contributed by atoms with E-state index in [1.54, 1.807) is 36.5 Å². The summed E-state index contributed by atoms with van der Waals surface area (Å²) in [5, 5.41) is 2.77. The van der Waals surface area contributed by atoms with Crippen LogP contribution in [0.15, 0.2) is 47.1 Å². The minimum atomic E-state index is -0.284. The van der Waals surface area contributed by atoms with Gasteiger partial charge in [0.2, 0.25) is 0 Å². The molecule has 2 aromatic rings. The molecule has 1 heterocycles. The number of hydrogen-bond donors (Lipinski definition) is 2. The molecular weight excluding hydrogens is 322 g/mol. The topological polar surface area (TPSA) is 77.2 Å². The van der Waals surface area contributed by atoms with Crippen LogP contribution in [0.2, 0.25) is 0 Å². The van der Waals surface area contributed by atoms with Crippen LogP contribution >= 0.6 is 15.9 Å². The maximum atomic E-state index is 12.1. The Morgan fingerprint density at radius 3 is 2.95 bits per heavy atom. The van der Waals surface area contributed by atoms with Crippen LogP contribution in [0.5, 0.6) is 5.75 Å². The highest BCUT2D eigenvalue weighted by Crippen LogP contribution is 2.19. The first kappa shape index (κ1) is 14.5. The van der Waals surface area contributed by atoms with E-state index in [2.05, 4.69) is 26.2 Å². The van der Waals surface area contributed by atoms with Crippen LogP contribution in [0.4, 0.5) is 5.69 Å². The van der Waals surface area contributed by atoms with Crippen LogP contribution in [-0.4, -0.2) is 24.0 Å². The Kier molecular flexibility index (Phi) is 5.09. The van der Waals surface area contributed by atoms with E-state index < -0.39 is 0 Å². The molecule has 5 nitrogen and oxygen atoms in total. The molecule has 20 heavy (non-hydrogen) atoms. The van der Waals surface area contributed by atoms with Crippen molar-refractivity contribution >= 4 is 27.5 Å². The molecule has 1 amide bonds. The molecule has 6 heteroatoms. The molecule has 0 bridgehead atoms. The fraction of sp³-hybridized carbons (Fsp3) is 0.143. The molecule has 0 saturated carbocycles. The summed E-state index contributed by atoms with van der Waals surface area (Å²) in [6.07, 6.45) is 1.57. The van der Waals surface area contributed by atoms with E-state index in [1.807, 2.05) is 6.07 Å². The molecule has 0 aliphatic rings. The van der Waals surface area contributed by atoms with E-state index in [1.165, 1.54) is 0 Å². The Morgan fingerprint density at radius 1 is 1.35 bits per heavy atom. The number of pyridine rings is 1. The molecule has 1 aromatic heterocycles. The summed E-state index contributed by atoms with van der Waals surface area (Å²) < 4.78 is 6.05. The van der Waals surface area contributed by atoms with Gasteiger partial charge in [-0.25, -0.2) is 4.98 Å². The standard InChI is InChI=1S/C14H14BrN3O2/c15-12-5-2-7-17-13(12)14(19)18-10-3-1-4-11(9-10)20-8-6-16/h1-5,7,9H,6,8,16H2,(H,18,19). The zero-order valence-corrected chi connectivity index (χ0v) is 12.3. The van der Waals surface area contributed by atoms with Crippen LogP contribution in [0.3, 0.4) is 0 Å². The Hall–Kier alpha value is -1.92. The second-order valence-electron chi connectivity index (χ2n) is 3.95. The van der Waals surface area contributed by atoms with Gasteiger partial charge in [0.1, 0.15) is 18.1 Å². The zero-order valence-electron chi connectivity index (χ0n) is 10.7. The number of aromatic nitrogens is 1. The normalized spacial score (nSPS) is 10.1. The molecule has 104 valence electrons. The van der Waals surface area contributed by atoms with Crippen LogP contribution in [0, 0.1) is 0 Å². The molecule has 0 radical (unpaired) electrons. The number of nitrogens with one attached hydrogen (secondary N) is 1. The van der Waals surface area contributed by atoms with Gasteiger partial charge in [0, 0.05) is 29.0 Å². The van der Waals surface area contributed by atoms with Crippen molar-refractivity contribution in [1.82, 2.24) is 4.98 Å². The van der Waals surface area contributed by atoms with Crippen molar-refractivity contribution in [2.75, 3.05) is 18.5 Å². The third-order valence-corrected chi connectivity index (χ3v) is 3.09. The van der Waals surface area contributed by atoms with Crippen molar-refractivity contribution in [3.05, 3.63) is 52.8 Å².